The standard InChI is InChI=1S/C19H16N2O6S3/c1-29-9-8-14(18(23)24)20-17(22)16(30-19(20)28)10-13-6-7-15(27-13)11-2-4-12(5-3-11)21(25)26/h2-7,10,14H,8-9H2,1H3,(H,23,24)/p-1/b16-10+/t14-/m1/s1. The number of benzene rings is 1. The Morgan fingerprint density at radius 3 is 2.63 bits per heavy atom. The molecule has 1 amide bonds. The largest absolute Gasteiger partial charge is 0.548 e. The number of nitro groups is 1. The molecule has 11 heteroatoms. The van der Waals surface area contributed by atoms with Gasteiger partial charge in [-0.05, 0) is 42.7 Å². The number of rotatable bonds is 8. The molecular formula is C19H15N2O6S3-. The van der Waals surface area contributed by atoms with Crippen molar-refractivity contribution in [1.29, 1.82) is 0 Å². The number of aliphatic carboxylic acids is 1. The molecular weight excluding hydrogens is 448 g/mol. The van der Waals surface area contributed by atoms with Gasteiger partial charge in [-0.2, -0.15) is 11.8 Å². The Morgan fingerprint density at radius 2 is 2.03 bits per heavy atom. The number of carbonyl (C=O) groups excluding carboxylic acids is 2. The van der Waals surface area contributed by atoms with Gasteiger partial charge in [0.1, 0.15) is 15.8 Å². The van der Waals surface area contributed by atoms with Crippen LogP contribution in [0.1, 0.15) is 12.2 Å². The fourth-order valence-electron chi connectivity index (χ4n) is 2.79. The molecule has 1 aromatic heterocycles. The highest BCUT2D eigenvalue weighted by molar-refractivity contribution is 8.26. The minimum Gasteiger partial charge on any atom is -0.548 e. The molecule has 1 aliphatic heterocycles. The molecule has 0 saturated carbocycles. The van der Waals surface area contributed by atoms with Gasteiger partial charge in [0, 0.05) is 23.8 Å². The summed E-state index contributed by atoms with van der Waals surface area (Å²) in [5.74, 6) is -0.461. The quantitative estimate of drug-likeness (QED) is 0.252. The van der Waals surface area contributed by atoms with E-state index in [9.17, 15) is 24.8 Å². The Kier molecular flexibility index (Phi) is 6.95. The maximum absolute atomic E-state index is 12.8. The Balaban J connectivity index is 1.80. The number of furan rings is 1. The van der Waals surface area contributed by atoms with Gasteiger partial charge in [-0.15, -0.1) is 0 Å². The second-order valence-corrected chi connectivity index (χ2v) is 8.84. The molecule has 0 radical (unpaired) electrons. The molecule has 2 heterocycles. The molecule has 0 bridgehead atoms. The van der Waals surface area contributed by atoms with Crippen molar-refractivity contribution in [2.45, 2.75) is 12.5 Å². The summed E-state index contributed by atoms with van der Waals surface area (Å²) in [5.41, 5.74) is 0.611. The van der Waals surface area contributed by atoms with Gasteiger partial charge in [0.2, 0.25) is 0 Å². The van der Waals surface area contributed by atoms with Gasteiger partial charge in [-0.1, -0.05) is 24.0 Å². The van der Waals surface area contributed by atoms with Gasteiger partial charge < -0.3 is 14.3 Å². The second kappa shape index (κ2) is 9.45. The van der Waals surface area contributed by atoms with Crippen molar-refractivity contribution in [1.82, 2.24) is 4.90 Å². The number of thiocarbonyl (C=S) groups is 1. The molecule has 1 atom stereocenters. The van der Waals surface area contributed by atoms with E-state index in [0.29, 0.717) is 22.8 Å². The fourth-order valence-corrected chi connectivity index (χ4v) is 4.59. The minimum atomic E-state index is -1.35. The van der Waals surface area contributed by atoms with E-state index in [4.69, 9.17) is 16.6 Å². The van der Waals surface area contributed by atoms with E-state index in [2.05, 4.69) is 0 Å². The highest BCUT2D eigenvalue weighted by Crippen LogP contribution is 2.35. The molecule has 0 N–H and O–H groups in total. The summed E-state index contributed by atoms with van der Waals surface area (Å²) in [6, 6.07) is 8.08. The number of hydrogen-bond donors (Lipinski definition) is 0. The van der Waals surface area contributed by atoms with Crippen molar-refractivity contribution >= 4 is 63.7 Å². The maximum atomic E-state index is 12.8. The first kappa shape index (κ1) is 22.1. The number of amides is 1. The molecule has 1 aromatic carbocycles. The van der Waals surface area contributed by atoms with E-state index >= 15 is 0 Å². The van der Waals surface area contributed by atoms with Crippen LogP contribution in [0.3, 0.4) is 0 Å². The first-order valence-corrected chi connectivity index (χ1v) is 11.2. The Bertz CT molecular complexity index is 1030. The fraction of sp³-hybridized carbons (Fsp3) is 0.211. The first-order chi connectivity index (χ1) is 14.3. The molecule has 1 aliphatic rings. The molecule has 30 heavy (non-hydrogen) atoms. The van der Waals surface area contributed by atoms with Crippen molar-refractivity contribution in [3.63, 3.8) is 0 Å². The van der Waals surface area contributed by atoms with E-state index in [0.717, 1.165) is 16.7 Å². The van der Waals surface area contributed by atoms with E-state index < -0.39 is 22.8 Å². The molecule has 3 rings (SSSR count). The van der Waals surface area contributed by atoms with Gasteiger partial charge >= 0.3 is 0 Å². The first-order valence-electron chi connectivity index (χ1n) is 8.63. The molecule has 1 fully saturated rings. The lowest BCUT2D eigenvalue weighted by Crippen LogP contribution is -2.50. The van der Waals surface area contributed by atoms with Crippen LogP contribution in [0.5, 0.6) is 0 Å². The number of nitro benzene ring substituents is 1. The van der Waals surface area contributed by atoms with E-state index in [1.165, 1.54) is 30.0 Å². The van der Waals surface area contributed by atoms with Crippen molar-refractivity contribution in [2.24, 2.45) is 0 Å². The van der Waals surface area contributed by atoms with E-state index in [1.54, 1.807) is 24.3 Å². The second-order valence-electron chi connectivity index (χ2n) is 6.17. The van der Waals surface area contributed by atoms with Gasteiger partial charge in [-0.25, -0.2) is 0 Å². The summed E-state index contributed by atoms with van der Waals surface area (Å²) in [7, 11) is 0. The summed E-state index contributed by atoms with van der Waals surface area (Å²) in [6.45, 7) is 0. The molecule has 2 aromatic rings. The third kappa shape index (κ3) is 4.74. The predicted octanol–water partition coefficient (Wildman–Crippen LogP) is 2.93. The van der Waals surface area contributed by atoms with Gasteiger partial charge in [0.25, 0.3) is 11.6 Å². The van der Waals surface area contributed by atoms with Crippen molar-refractivity contribution in [3.8, 4) is 11.3 Å². The van der Waals surface area contributed by atoms with E-state index in [-0.39, 0.29) is 21.3 Å². The van der Waals surface area contributed by atoms with Crippen LogP contribution < -0.4 is 5.11 Å². The lowest BCUT2D eigenvalue weighted by atomic mass is 10.1. The average molecular weight is 464 g/mol. The SMILES string of the molecule is CSCC[C@H](C(=O)[O-])N1C(=O)/C(=C\c2ccc(-c3ccc([N+](=O)[O-])cc3)o2)SC1=S. The van der Waals surface area contributed by atoms with Crippen LogP contribution in [0.15, 0.2) is 45.7 Å². The highest BCUT2D eigenvalue weighted by atomic mass is 32.2. The lowest BCUT2D eigenvalue weighted by molar-refractivity contribution is -0.384. The van der Waals surface area contributed by atoms with Gasteiger partial charge in [-0.3, -0.25) is 19.8 Å². The zero-order valence-electron chi connectivity index (χ0n) is 15.6. The number of carbonyl (C=O) groups is 2. The molecule has 1 saturated heterocycles. The summed E-state index contributed by atoms with van der Waals surface area (Å²) in [6.07, 6.45) is 3.57. The van der Waals surface area contributed by atoms with Crippen molar-refractivity contribution in [3.05, 3.63) is 57.2 Å². The van der Waals surface area contributed by atoms with Crippen LogP contribution in [0, 0.1) is 10.1 Å². The minimum absolute atomic E-state index is 0.0295. The van der Waals surface area contributed by atoms with Crippen molar-refractivity contribution in [2.75, 3.05) is 12.0 Å². The third-order valence-corrected chi connectivity index (χ3v) is 6.24. The maximum Gasteiger partial charge on any atom is 0.269 e. The number of thioether (sulfide) groups is 2. The zero-order valence-corrected chi connectivity index (χ0v) is 18.1. The Morgan fingerprint density at radius 1 is 1.33 bits per heavy atom. The van der Waals surface area contributed by atoms with Crippen LogP contribution in [-0.2, 0) is 9.59 Å². The molecule has 156 valence electrons. The molecule has 0 spiro atoms. The lowest BCUT2D eigenvalue weighted by Gasteiger charge is -2.27. The summed E-state index contributed by atoms with van der Waals surface area (Å²) in [5, 5.41) is 22.3. The van der Waals surface area contributed by atoms with Crippen LogP contribution in [0.25, 0.3) is 17.4 Å². The van der Waals surface area contributed by atoms with Gasteiger partial charge in [0.05, 0.1) is 21.8 Å². The third-order valence-electron chi connectivity index (χ3n) is 4.27. The van der Waals surface area contributed by atoms with Crippen molar-refractivity contribution < 1.29 is 24.0 Å². The normalized spacial score (nSPS) is 16.3. The number of nitrogens with zero attached hydrogens (tertiary/aromatic N) is 2. The summed E-state index contributed by atoms with van der Waals surface area (Å²) >= 11 is 7.69. The average Bonchev–Trinajstić information content (AvgIpc) is 3.28. The van der Waals surface area contributed by atoms with Crippen LogP contribution in [0.2, 0.25) is 0 Å². The molecule has 8 nitrogen and oxygen atoms in total. The van der Waals surface area contributed by atoms with Crippen LogP contribution >= 0.6 is 35.7 Å². The Labute approximate surface area is 185 Å². The number of carboxylic acids is 1. The molecule has 0 aliphatic carbocycles. The summed E-state index contributed by atoms with van der Waals surface area (Å²) < 4.78 is 5.87. The van der Waals surface area contributed by atoms with Gasteiger partial charge in [0.15, 0.2) is 0 Å². The zero-order chi connectivity index (χ0) is 21.8. The molecule has 0 unspecified atom stereocenters. The summed E-state index contributed by atoms with van der Waals surface area (Å²) in [4.78, 5) is 35.9. The highest BCUT2D eigenvalue weighted by Gasteiger charge is 2.37. The topological polar surface area (TPSA) is 117 Å². The Hall–Kier alpha value is -2.63. The predicted molar refractivity (Wildman–Crippen MR) is 118 cm³/mol. The monoisotopic (exact) mass is 463 g/mol. The van der Waals surface area contributed by atoms with E-state index in [1.807, 2.05) is 6.26 Å². The number of non-ortho nitro benzene ring substituents is 1. The number of hydrogen-bond acceptors (Lipinski definition) is 9. The van der Waals surface area contributed by atoms with Crippen LogP contribution in [0.4, 0.5) is 5.69 Å². The smallest absolute Gasteiger partial charge is 0.269 e. The number of carboxylic acid groups (broad SMARTS) is 1. The van der Waals surface area contributed by atoms with Crippen LogP contribution in [-0.4, -0.2) is 44.1 Å².